The highest BCUT2D eigenvalue weighted by Gasteiger charge is 2.32. The number of carbonyl (C=O) groups is 1. The third-order valence-electron chi connectivity index (χ3n) is 3.81. The van der Waals surface area contributed by atoms with E-state index in [0.29, 0.717) is 18.8 Å². The van der Waals surface area contributed by atoms with Crippen LogP contribution in [0.5, 0.6) is 0 Å². The van der Waals surface area contributed by atoms with Crippen LogP contribution in [0.15, 0.2) is 24.3 Å². The first kappa shape index (κ1) is 14.5. The van der Waals surface area contributed by atoms with E-state index in [1.165, 1.54) is 0 Å². The fourth-order valence-electron chi connectivity index (χ4n) is 2.68. The Morgan fingerprint density at radius 1 is 1.40 bits per heavy atom. The molecule has 1 saturated heterocycles. The van der Waals surface area contributed by atoms with Crippen LogP contribution in [0.25, 0.3) is 0 Å². The summed E-state index contributed by atoms with van der Waals surface area (Å²) in [4.78, 5) is 14.6. The van der Waals surface area contributed by atoms with Crippen molar-refractivity contribution in [3.05, 3.63) is 35.4 Å². The molecule has 1 aliphatic heterocycles. The summed E-state index contributed by atoms with van der Waals surface area (Å²) >= 11 is 0. The average molecular weight is 272 g/mol. The lowest BCUT2D eigenvalue weighted by molar-refractivity contribution is -0.145. The first-order valence-corrected chi connectivity index (χ1v) is 6.94. The van der Waals surface area contributed by atoms with E-state index in [1.807, 2.05) is 37.8 Å². The second-order valence-corrected chi connectivity index (χ2v) is 5.44. The van der Waals surface area contributed by atoms with Gasteiger partial charge in [0, 0.05) is 0 Å². The maximum absolute atomic E-state index is 12.7. The second-order valence-electron chi connectivity index (χ2n) is 5.44. The molecule has 0 saturated carbocycles. The van der Waals surface area contributed by atoms with Crippen molar-refractivity contribution in [1.82, 2.24) is 4.90 Å². The standard InChI is InChI=1S/C16H20N2O2/c1-11-9-20-10-12(2)18(11)16(19)13(3)15-6-4-5-14(7-15)8-17/h4-7,11-13H,9-10H2,1-3H3. The summed E-state index contributed by atoms with van der Waals surface area (Å²) in [5.74, 6) is -0.144. The summed E-state index contributed by atoms with van der Waals surface area (Å²) in [6, 6.07) is 9.56. The molecule has 0 spiro atoms. The second kappa shape index (κ2) is 6.06. The van der Waals surface area contributed by atoms with Gasteiger partial charge >= 0.3 is 0 Å². The zero-order chi connectivity index (χ0) is 14.7. The maximum Gasteiger partial charge on any atom is 0.230 e. The zero-order valence-electron chi connectivity index (χ0n) is 12.2. The topological polar surface area (TPSA) is 53.3 Å². The molecule has 1 amide bonds. The summed E-state index contributed by atoms with van der Waals surface area (Å²) in [5, 5.41) is 8.95. The van der Waals surface area contributed by atoms with Crippen molar-refractivity contribution in [3.63, 3.8) is 0 Å². The Morgan fingerprint density at radius 3 is 2.65 bits per heavy atom. The summed E-state index contributed by atoms with van der Waals surface area (Å²) in [5.41, 5.74) is 1.48. The molecule has 3 unspecified atom stereocenters. The van der Waals surface area contributed by atoms with Gasteiger partial charge in [-0.05, 0) is 38.5 Å². The van der Waals surface area contributed by atoms with E-state index in [1.54, 1.807) is 12.1 Å². The summed E-state index contributed by atoms with van der Waals surface area (Å²) < 4.78 is 5.46. The van der Waals surface area contributed by atoms with Gasteiger partial charge in [-0.2, -0.15) is 5.26 Å². The molecule has 3 atom stereocenters. The van der Waals surface area contributed by atoms with Gasteiger partial charge in [0.05, 0.1) is 42.8 Å². The molecule has 4 heteroatoms. The van der Waals surface area contributed by atoms with Gasteiger partial charge in [-0.15, -0.1) is 0 Å². The Kier molecular flexibility index (Phi) is 4.41. The van der Waals surface area contributed by atoms with E-state index in [2.05, 4.69) is 6.07 Å². The Balaban J connectivity index is 2.21. The van der Waals surface area contributed by atoms with E-state index in [-0.39, 0.29) is 23.9 Å². The highest BCUT2D eigenvalue weighted by molar-refractivity contribution is 5.84. The summed E-state index contributed by atoms with van der Waals surface area (Å²) in [6.07, 6.45) is 0. The monoisotopic (exact) mass is 272 g/mol. The van der Waals surface area contributed by atoms with Crippen molar-refractivity contribution in [2.45, 2.75) is 38.8 Å². The number of hydrogen-bond donors (Lipinski definition) is 0. The lowest BCUT2D eigenvalue weighted by Gasteiger charge is -2.40. The molecule has 0 N–H and O–H groups in total. The van der Waals surface area contributed by atoms with Crippen LogP contribution in [0.2, 0.25) is 0 Å². The molecular formula is C16H20N2O2. The number of carbonyl (C=O) groups excluding carboxylic acids is 1. The van der Waals surface area contributed by atoms with E-state index in [9.17, 15) is 4.79 Å². The molecule has 20 heavy (non-hydrogen) atoms. The Hall–Kier alpha value is -1.86. The number of hydrogen-bond acceptors (Lipinski definition) is 3. The van der Waals surface area contributed by atoms with Crippen molar-refractivity contribution >= 4 is 5.91 Å². The number of benzene rings is 1. The van der Waals surface area contributed by atoms with Crippen LogP contribution >= 0.6 is 0 Å². The highest BCUT2D eigenvalue weighted by atomic mass is 16.5. The molecule has 0 bridgehead atoms. The largest absolute Gasteiger partial charge is 0.377 e. The maximum atomic E-state index is 12.7. The molecule has 4 nitrogen and oxygen atoms in total. The zero-order valence-corrected chi connectivity index (χ0v) is 12.2. The third kappa shape index (κ3) is 2.83. The van der Waals surface area contributed by atoms with E-state index in [0.717, 1.165) is 5.56 Å². The fourth-order valence-corrected chi connectivity index (χ4v) is 2.68. The van der Waals surface area contributed by atoms with Crippen molar-refractivity contribution in [1.29, 1.82) is 5.26 Å². The van der Waals surface area contributed by atoms with Crippen LogP contribution in [0.4, 0.5) is 0 Å². The molecular weight excluding hydrogens is 252 g/mol. The van der Waals surface area contributed by atoms with E-state index in [4.69, 9.17) is 10.00 Å². The molecule has 1 heterocycles. The van der Waals surface area contributed by atoms with Crippen molar-refractivity contribution < 1.29 is 9.53 Å². The van der Waals surface area contributed by atoms with Crippen molar-refractivity contribution in [3.8, 4) is 6.07 Å². The number of nitrogens with zero attached hydrogens (tertiary/aromatic N) is 2. The molecule has 106 valence electrons. The van der Waals surface area contributed by atoms with Crippen LogP contribution in [-0.2, 0) is 9.53 Å². The SMILES string of the molecule is CC(C(=O)N1C(C)COCC1C)c1cccc(C#N)c1. The number of amides is 1. The van der Waals surface area contributed by atoms with Gasteiger partial charge in [-0.3, -0.25) is 4.79 Å². The minimum atomic E-state index is -0.244. The average Bonchev–Trinajstić information content (AvgIpc) is 2.46. The van der Waals surface area contributed by atoms with Gasteiger partial charge < -0.3 is 9.64 Å². The van der Waals surface area contributed by atoms with Gasteiger partial charge in [0.2, 0.25) is 5.91 Å². The quantitative estimate of drug-likeness (QED) is 0.830. The Bertz CT molecular complexity index is 526. The molecule has 0 radical (unpaired) electrons. The van der Waals surface area contributed by atoms with Gasteiger partial charge in [0.25, 0.3) is 0 Å². The summed E-state index contributed by atoms with van der Waals surface area (Å²) in [6.45, 7) is 7.08. The van der Waals surface area contributed by atoms with Crippen LogP contribution in [0.1, 0.15) is 37.8 Å². The molecule has 2 rings (SSSR count). The van der Waals surface area contributed by atoms with E-state index < -0.39 is 0 Å². The van der Waals surface area contributed by atoms with Gasteiger partial charge in [0.15, 0.2) is 0 Å². The smallest absolute Gasteiger partial charge is 0.230 e. The fraction of sp³-hybridized carbons (Fsp3) is 0.500. The minimum Gasteiger partial charge on any atom is -0.377 e. The third-order valence-corrected chi connectivity index (χ3v) is 3.81. The number of rotatable bonds is 2. The number of morpholine rings is 1. The Morgan fingerprint density at radius 2 is 2.05 bits per heavy atom. The van der Waals surface area contributed by atoms with Crippen LogP contribution in [0.3, 0.4) is 0 Å². The molecule has 1 aromatic carbocycles. The summed E-state index contributed by atoms with van der Waals surface area (Å²) in [7, 11) is 0. The van der Waals surface area contributed by atoms with E-state index >= 15 is 0 Å². The van der Waals surface area contributed by atoms with Crippen LogP contribution in [0, 0.1) is 11.3 Å². The number of ether oxygens (including phenoxy) is 1. The van der Waals surface area contributed by atoms with Gasteiger partial charge in [-0.1, -0.05) is 12.1 Å². The number of nitriles is 1. The normalized spacial score (nSPS) is 24.0. The minimum absolute atomic E-state index is 0.0906. The predicted octanol–water partition coefficient (Wildman–Crippen LogP) is 2.30. The van der Waals surface area contributed by atoms with Crippen molar-refractivity contribution in [2.24, 2.45) is 0 Å². The first-order chi connectivity index (χ1) is 9.54. The molecule has 1 fully saturated rings. The molecule has 0 aromatic heterocycles. The van der Waals surface area contributed by atoms with Gasteiger partial charge in [-0.25, -0.2) is 0 Å². The van der Waals surface area contributed by atoms with Crippen LogP contribution < -0.4 is 0 Å². The Labute approximate surface area is 120 Å². The predicted molar refractivity (Wildman–Crippen MR) is 76.2 cm³/mol. The first-order valence-electron chi connectivity index (χ1n) is 6.94. The molecule has 0 aliphatic carbocycles. The lowest BCUT2D eigenvalue weighted by Crippen LogP contribution is -2.53. The van der Waals surface area contributed by atoms with Gasteiger partial charge in [0.1, 0.15) is 0 Å². The van der Waals surface area contributed by atoms with Crippen LogP contribution in [-0.4, -0.2) is 36.1 Å². The molecule has 1 aliphatic rings. The highest BCUT2D eigenvalue weighted by Crippen LogP contribution is 2.23. The lowest BCUT2D eigenvalue weighted by atomic mass is 9.96. The van der Waals surface area contributed by atoms with Crippen molar-refractivity contribution in [2.75, 3.05) is 13.2 Å². The molecule has 1 aromatic rings.